The molecule has 0 fully saturated rings. The summed E-state index contributed by atoms with van der Waals surface area (Å²) in [5.41, 5.74) is 2.59. The van der Waals surface area contributed by atoms with Crippen molar-refractivity contribution in [2.24, 2.45) is 0 Å². The molecule has 0 bridgehead atoms. The summed E-state index contributed by atoms with van der Waals surface area (Å²) < 4.78 is 12.9. The summed E-state index contributed by atoms with van der Waals surface area (Å²) in [7, 11) is 1.49. The van der Waals surface area contributed by atoms with Crippen LogP contribution in [0.2, 0.25) is 5.02 Å². The lowest BCUT2D eigenvalue weighted by Crippen LogP contribution is -2.12. The zero-order valence-corrected chi connectivity index (χ0v) is 19.5. The number of halogens is 1. The second-order valence-corrected chi connectivity index (χ2v) is 8.54. The average molecular weight is 475 g/mol. The van der Waals surface area contributed by atoms with E-state index in [2.05, 4.69) is 16.8 Å². The van der Waals surface area contributed by atoms with Crippen molar-refractivity contribution in [3.8, 4) is 17.2 Å². The van der Waals surface area contributed by atoms with E-state index in [-0.39, 0.29) is 18.1 Å². The van der Waals surface area contributed by atoms with Gasteiger partial charge in [-0.05, 0) is 49.2 Å². The molecule has 0 spiro atoms. The first-order valence-corrected chi connectivity index (χ1v) is 11.0. The molecular formula is C22H23ClN4O4S. The molecule has 168 valence electrons. The van der Waals surface area contributed by atoms with Crippen LogP contribution in [0, 0.1) is 24.0 Å². The van der Waals surface area contributed by atoms with Crippen molar-refractivity contribution in [1.82, 2.24) is 14.8 Å². The van der Waals surface area contributed by atoms with Crippen molar-refractivity contribution in [2.45, 2.75) is 24.3 Å². The van der Waals surface area contributed by atoms with E-state index in [1.807, 2.05) is 42.7 Å². The Hall–Kier alpha value is -3.04. The predicted octanol–water partition coefficient (Wildman–Crippen LogP) is 5.22. The van der Waals surface area contributed by atoms with Gasteiger partial charge in [0.05, 0.1) is 12.1 Å². The Kier molecular flexibility index (Phi) is 7.76. The van der Waals surface area contributed by atoms with E-state index in [4.69, 9.17) is 21.1 Å². The quantitative estimate of drug-likeness (QED) is 0.172. The van der Waals surface area contributed by atoms with Crippen LogP contribution in [0.25, 0.3) is 5.69 Å². The van der Waals surface area contributed by atoms with Gasteiger partial charge in [0.2, 0.25) is 6.54 Å². The molecule has 0 saturated carbocycles. The number of hydrogen-bond acceptors (Lipinski definition) is 7. The van der Waals surface area contributed by atoms with Gasteiger partial charge in [-0.1, -0.05) is 48.2 Å². The number of ether oxygens (including phenoxy) is 2. The third kappa shape index (κ3) is 5.41. The molecule has 0 radical (unpaired) electrons. The second kappa shape index (κ2) is 10.5. The molecule has 0 N–H and O–H groups in total. The Morgan fingerprint density at radius 1 is 1.31 bits per heavy atom. The molecule has 10 heteroatoms. The lowest BCUT2D eigenvalue weighted by atomic mass is 10.1. The first kappa shape index (κ1) is 23.6. The summed E-state index contributed by atoms with van der Waals surface area (Å²) in [6.07, 6.45) is 1.59. The molecule has 1 atom stereocenters. The van der Waals surface area contributed by atoms with E-state index in [1.165, 1.54) is 18.9 Å². The van der Waals surface area contributed by atoms with Crippen molar-refractivity contribution >= 4 is 23.4 Å². The summed E-state index contributed by atoms with van der Waals surface area (Å²) in [5, 5.41) is 20.2. The van der Waals surface area contributed by atoms with Gasteiger partial charge in [-0.3, -0.25) is 14.7 Å². The molecule has 1 aromatic heterocycles. The zero-order chi connectivity index (χ0) is 23.3. The van der Waals surface area contributed by atoms with Gasteiger partial charge >= 0.3 is 0 Å². The Balaban J connectivity index is 2.02. The maximum Gasteiger partial charge on any atom is 0.220 e. The number of rotatable bonds is 10. The van der Waals surface area contributed by atoms with Gasteiger partial charge < -0.3 is 9.47 Å². The molecule has 0 amide bonds. The number of methoxy groups -OCH3 is 1. The van der Waals surface area contributed by atoms with E-state index in [9.17, 15) is 10.1 Å². The number of nitrogens with zero attached hydrogens (tertiary/aromatic N) is 4. The van der Waals surface area contributed by atoms with Gasteiger partial charge in [0, 0.05) is 10.6 Å². The Bertz CT molecular complexity index is 1140. The number of hydrogen-bond donors (Lipinski definition) is 0. The molecule has 0 aliphatic rings. The van der Waals surface area contributed by atoms with E-state index in [1.54, 1.807) is 18.2 Å². The normalized spacial score (nSPS) is 11.8. The third-order valence-corrected chi connectivity index (χ3v) is 6.05. The first-order valence-electron chi connectivity index (χ1n) is 9.72. The van der Waals surface area contributed by atoms with Gasteiger partial charge in [-0.2, -0.15) is 0 Å². The number of benzene rings is 2. The summed E-state index contributed by atoms with van der Waals surface area (Å²) >= 11 is 7.68. The summed E-state index contributed by atoms with van der Waals surface area (Å²) in [5.74, 6) is 1.43. The molecule has 0 aliphatic heterocycles. The largest absolute Gasteiger partial charge is 0.493 e. The second-order valence-electron chi connectivity index (χ2n) is 6.96. The van der Waals surface area contributed by atoms with Crippen molar-refractivity contribution in [3.05, 3.63) is 81.1 Å². The first-order chi connectivity index (χ1) is 15.3. The highest BCUT2D eigenvalue weighted by atomic mass is 35.5. The van der Waals surface area contributed by atoms with Crippen molar-refractivity contribution < 1.29 is 14.4 Å². The standard InChI is InChI=1S/C22H23ClN4O4S/c1-5-9-31-21-18(23)11-16(12-19(21)30-4)20(13-26(28)29)32-22-25-24-15(3)27(22)17-8-6-7-14(2)10-17/h5-8,10-12,20H,1,9,13H2,2-4H3/t20-/m1/s1. The lowest BCUT2D eigenvalue weighted by molar-refractivity contribution is -0.479. The van der Waals surface area contributed by atoms with Crippen molar-refractivity contribution in [1.29, 1.82) is 0 Å². The minimum Gasteiger partial charge on any atom is -0.493 e. The molecule has 32 heavy (non-hydrogen) atoms. The molecular weight excluding hydrogens is 452 g/mol. The van der Waals surface area contributed by atoms with Crippen LogP contribution in [0.3, 0.4) is 0 Å². The van der Waals surface area contributed by atoms with Gasteiger partial charge in [0.15, 0.2) is 16.7 Å². The smallest absolute Gasteiger partial charge is 0.220 e. The molecule has 8 nitrogen and oxygen atoms in total. The molecule has 0 saturated heterocycles. The van der Waals surface area contributed by atoms with E-state index < -0.39 is 5.25 Å². The Morgan fingerprint density at radius 2 is 2.09 bits per heavy atom. The highest BCUT2D eigenvalue weighted by Crippen LogP contribution is 2.43. The van der Waals surface area contributed by atoms with Gasteiger partial charge in [-0.25, -0.2) is 0 Å². The summed E-state index contributed by atoms with van der Waals surface area (Å²) in [6.45, 7) is 7.38. The minimum atomic E-state index is -0.586. The number of thioether (sulfide) groups is 1. The Labute approximate surface area is 195 Å². The van der Waals surface area contributed by atoms with Gasteiger partial charge in [0.1, 0.15) is 17.7 Å². The van der Waals surface area contributed by atoms with Crippen molar-refractivity contribution in [2.75, 3.05) is 20.3 Å². The fourth-order valence-corrected chi connectivity index (χ4v) is 4.59. The highest BCUT2D eigenvalue weighted by molar-refractivity contribution is 7.99. The van der Waals surface area contributed by atoms with Crippen LogP contribution in [0.15, 0.2) is 54.2 Å². The van der Waals surface area contributed by atoms with Gasteiger partial charge in [0.25, 0.3) is 0 Å². The van der Waals surface area contributed by atoms with Crippen LogP contribution < -0.4 is 9.47 Å². The molecule has 0 unspecified atom stereocenters. The predicted molar refractivity (Wildman–Crippen MR) is 125 cm³/mol. The van der Waals surface area contributed by atoms with Crippen LogP contribution in [0.5, 0.6) is 11.5 Å². The van der Waals surface area contributed by atoms with E-state index >= 15 is 0 Å². The SMILES string of the molecule is C=CCOc1c(Cl)cc([C@@H](C[N+](=O)[O-])Sc2nnc(C)n2-c2cccc(C)c2)cc1OC. The molecule has 3 aromatic rings. The molecule has 3 rings (SSSR count). The van der Waals surface area contributed by atoms with E-state index in [0.29, 0.717) is 33.1 Å². The Morgan fingerprint density at radius 3 is 2.75 bits per heavy atom. The fourth-order valence-electron chi connectivity index (χ4n) is 3.16. The van der Waals surface area contributed by atoms with Crippen LogP contribution in [0.4, 0.5) is 0 Å². The van der Waals surface area contributed by atoms with Gasteiger partial charge in [-0.15, -0.1) is 10.2 Å². The average Bonchev–Trinajstić information content (AvgIpc) is 3.11. The third-order valence-electron chi connectivity index (χ3n) is 4.59. The minimum absolute atomic E-state index is 0.251. The van der Waals surface area contributed by atoms with Crippen LogP contribution in [0.1, 0.15) is 22.2 Å². The van der Waals surface area contributed by atoms with Crippen LogP contribution in [-0.2, 0) is 0 Å². The lowest BCUT2D eigenvalue weighted by Gasteiger charge is -2.18. The van der Waals surface area contributed by atoms with Crippen LogP contribution >= 0.6 is 23.4 Å². The highest BCUT2D eigenvalue weighted by Gasteiger charge is 2.26. The maximum absolute atomic E-state index is 11.5. The number of aryl methyl sites for hydroxylation is 2. The van der Waals surface area contributed by atoms with Crippen molar-refractivity contribution in [3.63, 3.8) is 0 Å². The number of nitro groups is 1. The summed E-state index contributed by atoms with van der Waals surface area (Å²) in [6, 6.07) is 11.3. The van der Waals surface area contributed by atoms with Crippen LogP contribution in [-0.4, -0.2) is 39.9 Å². The maximum atomic E-state index is 11.5. The molecule has 1 heterocycles. The van der Waals surface area contributed by atoms with E-state index in [0.717, 1.165) is 11.3 Å². The molecule has 0 aliphatic carbocycles. The monoisotopic (exact) mass is 474 g/mol. The fraction of sp³-hybridized carbons (Fsp3) is 0.273. The zero-order valence-electron chi connectivity index (χ0n) is 17.9. The number of aromatic nitrogens is 3. The molecule has 2 aromatic carbocycles. The topological polar surface area (TPSA) is 92.3 Å². The summed E-state index contributed by atoms with van der Waals surface area (Å²) in [4.78, 5) is 11.1.